The van der Waals surface area contributed by atoms with Gasteiger partial charge in [0.1, 0.15) is 0 Å². The van der Waals surface area contributed by atoms with E-state index in [1.54, 1.807) is 11.1 Å². The molecule has 0 spiro atoms. The van der Waals surface area contributed by atoms with Gasteiger partial charge in [0.2, 0.25) is 0 Å². The lowest BCUT2D eigenvalue weighted by Gasteiger charge is -2.21. The van der Waals surface area contributed by atoms with Gasteiger partial charge in [0, 0.05) is 11.8 Å². The Balaban J connectivity index is 1.73. The first-order valence-corrected chi connectivity index (χ1v) is 10.8. The summed E-state index contributed by atoms with van der Waals surface area (Å²) >= 11 is 1.54. The van der Waals surface area contributed by atoms with E-state index in [0.717, 1.165) is 15.9 Å². The number of pyridine rings is 1. The summed E-state index contributed by atoms with van der Waals surface area (Å²) < 4.78 is 1.08. The van der Waals surface area contributed by atoms with E-state index in [4.69, 9.17) is 4.98 Å². The Labute approximate surface area is 181 Å². The van der Waals surface area contributed by atoms with Crippen LogP contribution in [0.25, 0.3) is 10.2 Å². The van der Waals surface area contributed by atoms with Crippen LogP contribution in [0.15, 0.2) is 66.9 Å². The molecule has 0 atom stereocenters. The topological polar surface area (TPSA) is 46.1 Å². The number of hydrogen-bond acceptors (Lipinski definition) is 4. The van der Waals surface area contributed by atoms with Crippen molar-refractivity contribution >= 4 is 32.6 Å². The van der Waals surface area contributed by atoms with E-state index in [2.05, 4.69) is 38.7 Å². The molecule has 0 bridgehead atoms. The molecular weight excluding hydrogens is 390 g/mol. The maximum absolute atomic E-state index is 13.5. The van der Waals surface area contributed by atoms with Gasteiger partial charge in [0.25, 0.3) is 5.91 Å². The molecule has 30 heavy (non-hydrogen) atoms. The number of hydrogen-bond donors (Lipinski definition) is 0. The number of benzene rings is 2. The highest BCUT2D eigenvalue weighted by Gasteiger charge is 2.23. The Morgan fingerprint density at radius 3 is 2.47 bits per heavy atom. The summed E-state index contributed by atoms with van der Waals surface area (Å²) in [5, 5.41) is 0.686. The number of carbonyl (C=O) groups is 1. The van der Waals surface area contributed by atoms with Gasteiger partial charge < -0.3 is 0 Å². The van der Waals surface area contributed by atoms with Crippen LogP contribution in [0.2, 0.25) is 0 Å². The number of fused-ring (bicyclic) bond motifs is 1. The molecule has 4 rings (SSSR count). The SMILES string of the molecule is Cc1ccc2nc(N(Cc3ccccn3)C(=O)c3ccc(C(C)(C)C)cc3)sc2c1. The quantitative estimate of drug-likeness (QED) is 0.402. The third-order valence-corrected chi connectivity index (χ3v) is 6.09. The molecule has 4 nitrogen and oxygen atoms in total. The molecule has 0 unspecified atom stereocenters. The Morgan fingerprint density at radius 2 is 1.80 bits per heavy atom. The highest BCUT2D eigenvalue weighted by Crippen LogP contribution is 2.31. The number of thiazole rings is 1. The lowest BCUT2D eigenvalue weighted by molar-refractivity contribution is 0.0984. The summed E-state index contributed by atoms with van der Waals surface area (Å²) in [5.74, 6) is -0.0723. The lowest BCUT2D eigenvalue weighted by Crippen LogP contribution is -2.30. The average molecular weight is 416 g/mol. The fraction of sp³-hybridized carbons (Fsp3) is 0.240. The van der Waals surface area contributed by atoms with Crippen LogP contribution in [-0.2, 0) is 12.0 Å². The number of carbonyl (C=O) groups excluding carboxylic acids is 1. The molecular formula is C25H25N3OS. The van der Waals surface area contributed by atoms with Gasteiger partial charge in [-0.25, -0.2) is 4.98 Å². The van der Waals surface area contributed by atoms with Crippen molar-refractivity contribution in [3.8, 4) is 0 Å². The van der Waals surface area contributed by atoms with Crippen molar-refractivity contribution in [1.82, 2.24) is 9.97 Å². The summed E-state index contributed by atoms with van der Waals surface area (Å²) in [4.78, 5) is 24.4. The standard InChI is InChI=1S/C25H25N3OS/c1-17-8-13-21-22(15-17)30-24(27-21)28(16-20-7-5-6-14-26-20)23(29)18-9-11-19(12-10-18)25(2,3)4/h5-15H,16H2,1-4H3. The van der Waals surface area contributed by atoms with Crippen molar-refractivity contribution in [2.24, 2.45) is 0 Å². The number of nitrogens with zero attached hydrogens (tertiary/aromatic N) is 3. The predicted octanol–water partition coefficient (Wildman–Crippen LogP) is 6.14. The first-order valence-electron chi connectivity index (χ1n) is 10.0. The number of aryl methyl sites for hydroxylation is 1. The minimum absolute atomic E-state index is 0.0418. The van der Waals surface area contributed by atoms with E-state index < -0.39 is 0 Å². The van der Waals surface area contributed by atoms with Crippen LogP contribution >= 0.6 is 11.3 Å². The van der Waals surface area contributed by atoms with Gasteiger partial charge in [0.15, 0.2) is 5.13 Å². The van der Waals surface area contributed by atoms with Gasteiger partial charge in [-0.05, 0) is 59.9 Å². The second kappa shape index (κ2) is 8.00. The molecule has 2 aromatic heterocycles. The average Bonchev–Trinajstić information content (AvgIpc) is 3.14. The molecule has 0 N–H and O–H groups in total. The second-order valence-corrected chi connectivity index (χ2v) is 9.52. The largest absolute Gasteiger partial charge is 0.278 e. The van der Waals surface area contributed by atoms with Crippen molar-refractivity contribution in [2.75, 3.05) is 4.90 Å². The molecule has 0 aliphatic heterocycles. The molecule has 2 aromatic carbocycles. The van der Waals surface area contributed by atoms with Crippen molar-refractivity contribution in [1.29, 1.82) is 0 Å². The first kappa shape index (κ1) is 20.2. The Morgan fingerprint density at radius 1 is 1.03 bits per heavy atom. The van der Waals surface area contributed by atoms with E-state index in [0.29, 0.717) is 17.2 Å². The maximum Gasteiger partial charge on any atom is 0.260 e. The molecule has 0 saturated carbocycles. The third kappa shape index (κ3) is 4.26. The van der Waals surface area contributed by atoms with E-state index in [9.17, 15) is 4.79 Å². The minimum atomic E-state index is -0.0723. The van der Waals surface area contributed by atoms with Crippen LogP contribution in [0.1, 0.15) is 48.0 Å². The van der Waals surface area contributed by atoms with Crippen LogP contribution in [0, 0.1) is 6.92 Å². The van der Waals surface area contributed by atoms with Gasteiger partial charge >= 0.3 is 0 Å². The third-order valence-electron chi connectivity index (χ3n) is 5.05. The van der Waals surface area contributed by atoms with E-state index in [-0.39, 0.29) is 11.3 Å². The summed E-state index contributed by atoms with van der Waals surface area (Å²) in [6.07, 6.45) is 1.75. The van der Waals surface area contributed by atoms with E-state index in [1.165, 1.54) is 22.5 Å². The highest BCUT2D eigenvalue weighted by molar-refractivity contribution is 7.22. The molecule has 2 heterocycles. The second-order valence-electron chi connectivity index (χ2n) is 8.51. The molecule has 0 saturated heterocycles. The van der Waals surface area contributed by atoms with Crippen molar-refractivity contribution in [3.63, 3.8) is 0 Å². The van der Waals surface area contributed by atoms with Crippen molar-refractivity contribution in [2.45, 2.75) is 39.7 Å². The van der Waals surface area contributed by atoms with Crippen LogP contribution in [0.4, 0.5) is 5.13 Å². The van der Waals surface area contributed by atoms with Gasteiger partial charge in [-0.3, -0.25) is 14.7 Å². The maximum atomic E-state index is 13.5. The highest BCUT2D eigenvalue weighted by atomic mass is 32.1. The summed E-state index contributed by atoms with van der Waals surface area (Å²) in [6, 6.07) is 19.8. The van der Waals surface area contributed by atoms with Gasteiger partial charge in [-0.2, -0.15) is 0 Å². The normalized spacial score (nSPS) is 11.6. The molecule has 4 aromatic rings. The molecule has 1 amide bonds. The van der Waals surface area contributed by atoms with Gasteiger partial charge in [-0.15, -0.1) is 0 Å². The fourth-order valence-corrected chi connectivity index (χ4v) is 4.35. The Hall–Kier alpha value is -3.05. The van der Waals surface area contributed by atoms with Crippen LogP contribution in [0.5, 0.6) is 0 Å². The molecule has 0 radical (unpaired) electrons. The first-order chi connectivity index (χ1) is 14.3. The monoisotopic (exact) mass is 415 g/mol. The van der Waals surface area contributed by atoms with E-state index >= 15 is 0 Å². The fourth-order valence-electron chi connectivity index (χ4n) is 3.28. The number of aromatic nitrogens is 2. The lowest BCUT2D eigenvalue weighted by atomic mass is 9.86. The van der Waals surface area contributed by atoms with Crippen LogP contribution in [0.3, 0.4) is 0 Å². The minimum Gasteiger partial charge on any atom is -0.278 e. The zero-order chi connectivity index (χ0) is 21.3. The Bertz CT molecular complexity index is 1170. The van der Waals surface area contributed by atoms with Gasteiger partial charge in [0.05, 0.1) is 22.5 Å². The summed E-state index contributed by atoms with van der Waals surface area (Å²) in [6.45, 7) is 8.94. The number of amides is 1. The number of rotatable bonds is 4. The van der Waals surface area contributed by atoms with Crippen LogP contribution in [-0.4, -0.2) is 15.9 Å². The molecule has 152 valence electrons. The zero-order valence-electron chi connectivity index (χ0n) is 17.7. The number of anilines is 1. The van der Waals surface area contributed by atoms with Crippen molar-refractivity contribution in [3.05, 3.63) is 89.2 Å². The van der Waals surface area contributed by atoms with Crippen LogP contribution < -0.4 is 4.90 Å². The Kier molecular flexibility index (Phi) is 5.39. The molecule has 0 aliphatic rings. The molecule has 5 heteroatoms. The smallest absolute Gasteiger partial charge is 0.260 e. The molecule has 0 aliphatic carbocycles. The molecule has 0 fully saturated rings. The zero-order valence-corrected chi connectivity index (χ0v) is 18.5. The summed E-state index contributed by atoms with van der Waals surface area (Å²) in [7, 11) is 0. The van der Waals surface area contributed by atoms with E-state index in [1.807, 2.05) is 54.6 Å². The van der Waals surface area contributed by atoms with Gasteiger partial charge in [-0.1, -0.05) is 56.4 Å². The van der Waals surface area contributed by atoms with Crippen molar-refractivity contribution < 1.29 is 4.79 Å². The predicted molar refractivity (Wildman–Crippen MR) is 124 cm³/mol. The summed E-state index contributed by atoms with van der Waals surface area (Å²) in [5.41, 5.74) is 4.80.